The van der Waals surface area contributed by atoms with Gasteiger partial charge in [0, 0.05) is 13.2 Å². The van der Waals surface area contributed by atoms with Gasteiger partial charge in [-0.15, -0.1) is 0 Å². The lowest BCUT2D eigenvalue weighted by atomic mass is 9.84. The van der Waals surface area contributed by atoms with Crippen molar-refractivity contribution < 1.29 is 14.2 Å². The van der Waals surface area contributed by atoms with Gasteiger partial charge in [-0.2, -0.15) is 0 Å². The van der Waals surface area contributed by atoms with Crippen LogP contribution in [0, 0.1) is 0 Å². The molecule has 0 radical (unpaired) electrons. The van der Waals surface area contributed by atoms with E-state index in [4.69, 9.17) is 14.2 Å². The predicted molar refractivity (Wildman–Crippen MR) is 70.8 cm³/mol. The summed E-state index contributed by atoms with van der Waals surface area (Å²) >= 11 is 0. The van der Waals surface area contributed by atoms with Gasteiger partial charge in [0.2, 0.25) is 0 Å². The molecule has 0 aromatic rings. The van der Waals surface area contributed by atoms with Crippen LogP contribution in [-0.2, 0) is 14.2 Å². The van der Waals surface area contributed by atoms with Crippen LogP contribution in [0.25, 0.3) is 0 Å². The fraction of sp³-hybridized carbons (Fsp3) is 1.00. The van der Waals surface area contributed by atoms with E-state index in [9.17, 15) is 0 Å². The van der Waals surface area contributed by atoms with Crippen LogP contribution in [0.5, 0.6) is 0 Å². The zero-order valence-electron chi connectivity index (χ0n) is 11.7. The zero-order valence-corrected chi connectivity index (χ0v) is 11.7. The van der Waals surface area contributed by atoms with Gasteiger partial charge in [0.15, 0.2) is 0 Å². The number of nitrogens with one attached hydrogen (secondary N) is 1. The molecule has 18 heavy (non-hydrogen) atoms. The SMILES string of the molecule is CCCNC1CC(OC2CCC2)C1OCCOC. The second kappa shape index (κ2) is 7.43. The van der Waals surface area contributed by atoms with E-state index in [1.807, 2.05) is 0 Å². The highest BCUT2D eigenvalue weighted by Crippen LogP contribution is 2.33. The normalized spacial score (nSPS) is 32.0. The maximum absolute atomic E-state index is 6.07. The zero-order chi connectivity index (χ0) is 12.8. The van der Waals surface area contributed by atoms with Crippen molar-refractivity contribution in [2.75, 3.05) is 26.9 Å². The lowest BCUT2D eigenvalue weighted by Crippen LogP contribution is -2.61. The van der Waals surface area contributed by atoms with Crippen LogP contribution in [0.4, 0.5) is 0 Å². The maximum Gasteiger partial charge on any atom is 0.0991 e. The average molecular weight is 257 g/mol. The highest BCUT2D eigenvalue weighted by atomic mass is 16.6. The molecule has 0 saturated heterocycles. The van der Waals surface area contributed by atoms with Gasteiger partial charge < -0.3 is 19.5 Å². The Morgan fingerprint density at radius 3 is 2.67 bits per heavy atom. The Morgan fingerprint density at radius 1 is 1.22 bits per heavy atom. The molecule has 4 heteroatoms. The molecule has 1 N–H and O–H groups in total. The van der Waals surface area contributed by atoms with Crippen molar-refractivity contribution in [1.29, 1.82) is 0 Å². The minimum absolute atomic E-state index is 0.215. The second-order valence-corrected chi connectivity index (χ2v) is 5.35. The molecule has 2 aliphatic carbocycles. The molecule has 0 aliphatic heterocycles. The molecule has 3 unspecified atom stereocenters. The Kier molecular flexibility index (Phi) is 5.89. The molecule has 3 atom stereocenters. The molecule has 0 amide bonds. The monoisotopic (exact) mass is 257 g/mol. The van der Waals surface area contributed by atoms with Crippen LogP contribution < -0.4 is 5.32 Å². The minimum atomic E-state index is 0.215. The highest BCUT2D eigenvalue weighted by Gasteiger charge is 2.44. The number of methoxy groups -OCH3 is 1. The molecule has 0 bridgehead atoms. The smallest absolute Gasteiger partial charge is 0.0991 e. The number of ether oxygens (including phenoxy) is 3. The van der Waals surface area contributed by atoms with Crippen LogP contribution in [0.15, 0.2) is 0 Å². The summed E-state index contributed by atoms with van der Waals surface area (Å²) in [5.41, 5.74) is 0. The van der Waals surface area contributed by atoms with E-state index in [-0.39, 0.29) is 6.10 Å². The molecule has 106 valence electrons. The van der Waals surface area contributed by atoms with Crippen molar-refractivity contribution in [2.45, 2.75) is 63.4 Å². The van der Waals surface area contributed by atoms with Gasteiger partial charge in [-0.1, -0.05) is 6.92 Å². The van der Waals surface area contributed by atoms with Gasteiger partial charge >= 0.3 is 0 Å². The first-order chi connectivity index (χ1) is 8.85. The Morgan fingerprint density at radius 2 is 2.06 bits per heavy atom. The fourth-order valence-electron chi connectivity index (χ4n) is 2.49. The molecule has 0 aromatic heterocycles. The molecular formula is C14H27NO3. The quantitative estimate of drug-likeness (QED) is 0.639. The van der Waals surface area contributed by atoms with Crippen molar-refractivity contribution in [3.63, 3.8) is 0 Å². The lowest BCUT2D eigenvalue weighted by molar-refractivity contribution is -0.183. The van der Waals surface area contributed by atoms with E-state index in [1.165, 1.54) is 19.3 Å². The van der Waals surface area contributed by atoms with Crippen LogP contribution in [0.3, 0.4) is 0 Å². The van der Waals surface area contributed by atoms with Crippen LogP contribution >= 0.6 is 0 Å². The molecule has 2 aliphatic rings. The molecule has 2 fully saturated rings. The molecule has 0 spiro atoms. The summed E-state index contributed by atoms with van der Waals surface area (Å²) in [6.45, 7) is 4.57. The summed E-state index contributed by atoms with van der Waals surface area (Å²) < 4.78 is 17.0. The van der Waals surface area contributed by atoms with Gasteiger partial charge in [0.25, 0.3) is 0 Å². The topological polar surface area (TPSA) is 39.7 Å². The molecular weight excluding hydrogens is 230 g/mol. The maximum atomic E-state index is 6.07. The van der Waals surface area contributed by atoms with E-state index in [0.717, 1.165) is 19.4 Å². The highest BCUT2D eigenvalue weighted by molar-refractivity contribution is 4.98. The predicted octanol–water partition coefficient (Wildman–Crippen LogP) is 1.73. The van der Waals surface area contributed by atoms with Crippen LogP contribution in [-0.4, -0.2) is 51.2 Å². The third kappa shape index (κ3) is 3.67. The number of hydrogen-bond acceptors (Lipinski definition) is 4. The number of rotatable bonds is 9. The largest absolute Gasteiger partial charge is 0.382 e. The Balaban J connectivity index is 1.71. The standard InChI is InChI=1S/C14H27NO3/c1-3-7-15-12-10-13(18-11-5-4-6-11)14(12)17-9-8-16-2/h11-15H,3-10H2,1-2H3. The van der Waals surface area contributed by atoms with Gasteiger partial charge in [0.1, 0.15) is 0 Å². The van der Waals surface area contributed by atoms with E-state index < -0.39 is 0 Å². The minimum Gasteiger partial charge on any atom is -0.382 e. The fourth-order valence-corrected chi connectivity index (χ4v) is 2.49. The summed E-state index contributed by atoms with van der Waals surface area (Å²) in [6.07, 6.45) is 7.04. The molecule has 0 aromatic carbocycles. The summed E-state index contributed by atoms with van der Waals surface area (Å²) in [5, 5.41) is 3.54. The van der Waals surface area contributed by atoms with Crippen molar-refractivity contribution in [3.8, 4) is 0 Å². The van der Waals surface area contributed by atoms with Crippen molar-refractivity contribution in [1.82, 2.24) is 5.32 Å². The Labute approximate surface area is 110 Å². The summed E-state index contributed by atoms with van der Waals surface area (Å²) in [6, 6.07) is 0.465. The molecule has 4 nitrogen and oxygen atoms in total. The first-order valence-electron chi connectivity index (χ1n) is 7.34. The van der Waals surface area contributed by atoms with E-state index >= 15 is 0 Å². The molecule has 2 saturated carbocycles. The summed E-state index contributed by atoms with van der Waals surface area (Å²) in [4.78, 5) is 0. The molecule has 0 heterocycles. The lowest BCUT2D eigenvalue weighted by Gasteiger charge is -2.46. The van der Waals surface area contributed by atoms with Crippen LogP contribution in [0.2, 0.25) is 0 Å². The van der Waals surface area contributed by atoms with Crippen molar-refractivity contribution in [2.24, 2.45) is 0 Å². The van der Waals surface area contributed by atoms with Crippen LogP contribution in [0.1, 0.15) is 39.0 Å². The first kappa shape index (κ1) is 14.3. The van der Waals surface area contributed by atoms with E-state index in [2.05, 4.69) is 12.2 Å². The van der Waals surface area contributed by atoms with Gasteiger partial charge in [-0.05, 0) is 38.6 Å². The number of hydrogen-bond donors (Lipinski definition) is 1. The van der Waals surface area contributed by atoms with Crippen molar-refractivity contribution in [3.05, 3.63) is 0 Å². The van der Waals surface area contributed by atoms with E-state index in [1.54, 1.807) is 7.11 Å². The summed E-state index contributed by atoms with van der Waals surface area (Å²) in [5.74, 6) is 0. The van der Waals surface area contributed by atoms with Gasteiger partial charge in [-0.25, -0.2) is 0 Å². The molecule has 2 rings (SSSR count). The van der Waals surface area contributed by atoms with Crippen molar-refractivity contribution >= 4 is 0 Å². The Hall–Kier alpha value is -0.160. The third-order valence-electron chi connectivity index (χ3n) is 3.92. The average Bonchev–Trinajstić information content (AvgIpc) is 2.30. The second-order valence-electron chi connectivity index (χ2n) is 5.35. The Bertz CT molecular complexity index is 233. The van der Waals surface area contributed by atoms with Gasteiger partial charge in [-0.3, -0.25) is 0 Å². The van der Waals surface area contributed by atoms with E-state index in [0.29, 0.717) is 31.5 Å². The first-order valence-corrected chi connectivity index (χ1v) is 7.34. The summed E-state index contributed by atoms with van der Waals surface area (Å²) in [7, 11) is 1.71. The third-order valence-corrected chi connectivity index (χ3v) is 3.92. The van der Waals surface area contributed by atoms with Gasteiger partial charge in [0.05, 0.1) is 31.5 Å².